The van der Waals surface area contributed by atoms with Gasteiger partial charge in [-0.2, -0.15) is 8.42 Å². The number of halogens is 1. The average Bonchev–Trinajstić information content (AvgIpc) is 3.18. The zero-order chi connectivity index (χ0) is 30.0. The Bertz CT molecular complexity index is 1360. The monoisotopic (exact) mass is 598 g/mol. The maximum Gasteiger partial charge on any atom is 0.338 e. The van der Waals surface area contributed by atoms with E-state index in [0.29, 0.717) is 11.5 Å². The minimum atomic E-state index is -4.19. The van der Waals surface area contributed by atoms with Crippen molar-refractivity contribution in [3.8, 4) is 17.6 Å². The van der Waals surface area contributed by atoms with E-state index in [1.54, 1.807) is 6.07 Å². The van der Waals surface area contributed by atoms with Gasteiger partial charge in [0.1, 0.15) is 11.6 Å². The number of nitrogens with zero attached hydrogens (tertiary/aromatic N) is 1. The highest BCUT2D eigenvalue weighted by Gasteiger charge is 2.24. The molecule has 0 amide bonds. The molecule has 2 atom stereocenters. The lowest BCUT2D eigenvalue weighted by atomic mass is 9.79. The third-order valence-corrected chi connectivity index (χ3v) is 10.0. The number of sulfonamides is 1. The van der Waals surface area contributed by atoms with Gasteiger partial charge in [-0.05, 0) is 42.9 Å². The van der Waals surface area contributed by atoms with Crippen LogP contribution in [0.4, 0.5) is 10.1 Å². The number of rotatable bonds is 6. The number of ether oxygens (including phenoxy) is 1. The van der Waals surface area contributed by atoms with Crippen LogP contribution in [0.5, 0.6) is 5.75 Å². The summed E-state index contributed by atoms with van der Waals surface area (Å²) in [6.07, 6.45) is 21.2. The molecule has 0 bridgehead atoms. The smallest absolute Gasteiger partial charge is 0.338 e. The van der Waals surface area contributed by atoms with Gasteiger partial charge in [0, 0.05) is 23.7 Å². The van der Waals surface area contributed by atoms with Gasteiger partial charge in [0.05, 0.1) is 18.4 Å². The summed E-state index contributed by atoms with van der Waals surface area (Å²) in [5.41, 5.74) is -0.217. The third-order valence-electron chi connectivity index (χ3n) is 8.77. The molecule has 2 aliphatic rings. The Morgan fingerprint density at radius 3 is 2.14 bits per heavy atom. The van der Waals surface area contributed by atoms with Crippen LogP contribution in [-0.4, -0.2) is 31.6 Å². The first-order valence-corrected chi connectivity index (χ1v) is 16.9. The molecule has 42 heavy (non-hydrogen) atoms. The van der Waals surface area contributed by atoms with Crippen molar-refractivity contribution < 1.29 is 27.4 Å². The van der Waals surface area contributed by atoms with E-state index in [1.165, 1.54) is 103 Å². The minimum absolute atomic E-state index is 0.124. The normalized spacial score (nSPS) is 21.2. The van der Waals surface area contributed by atoms with Crippen LogP contribution < -0.4 is 9.46 Å². The predicted molar refractivity (Wildman–Crippen MR) is 162 cm³/mol. The van der Waals surface area contributed by atoms with Crippen LogP contribution in [0.3, 0.4) is 0 Å². The highest BCUT2D eigenvalue weighted by molar-refractivity contribution is 7.92. The number of carboxylic acids is 1. The average molecular weight is 599 g/mol. The third kappa shape index (κ3) is 8.94. The molecule has 2 aromatic rings. The Morgan fingerprint density at radius 2 is 1.52 bits per heavy atom. The van der Waals surface area contributed by atoms with E-state index in [2.05, 4.69) is 21.5 Å². The standard InChI is InChI=1S/C33H43FN2O5S/c1-41-31-21-28(33(37)38)29(34)22-30(31)36-42(39,40)32-20-19-25(23-35-32)18-17-24-11-8-9-15-27(16-10-12-24)26-13-6-4-2-3-5-7-14-26/h19-24,26-27,36H,2-16H2,1H3,(H,37,38). The number of aromatic carboxylic acids is 1. The van der Waals surface area contributed by atoms with Crippen LogP contribution >= 0.6 is 0 Å². The lowest BCUT2D eigenvalue weighted by Gasteiger charge is -2.27. The van der Waals surface area contributed by atoms with Crippen LogP contribution in [-0.2, 0) is 10.0 Å². The lowest BCUT2D eigenvalue weighted by molar-refractivity contribution is 0.0691. The zero-order valence-corrected chi connectivity index (χ0v) is 25.4. The lowest BCUT2D eigenvalue weighted by Crippen LogP contribution is -2.16. The van der Waals surface area contributed by atoms with Gasteiger partial charge in [-0.15, -0.1) is 0 Å². The molecule has 2 unspecified atom stereocenters. The van der Waals surface area contributed by atoms with Crippen LogP contribution in [0.15, 0.2) is 35.5 Å². The van der Waals surface area contributed by atoms with Gasteiger partial charge in [-0.3, -0.25) is 4.72 Å². The zero-order valence-electron chi connectivity index (χ0n) is 24.5. The van der Waals surface area contributed by atoms with E-state index in [0.717, 1.165) is 36.8 Å². The van der Waals surface area contributed by atoms with Gasteiger partial charge in [0.15, 0.2) is 5.03 Å². The summed E-state index contributed by atoms with van der Waals surface area (Å²) in [6, 6.07) is 4.67. The van der Waals surface area contributed by atoms with Crippen molar-refractivity contribution in [2.24, 2.45) is 17.8 Å². The molecule has 1 heterocycles. The van der Waals surface area contributed by atoms with E-state index < -0.39 is 27.4 Å². The Labute approximate surface area is 249 Å². The SMILES string of the molecule is COc1cc(C(=O)O)c(F)cc1NS(=O)(=O)c1ccc(C#CC2CCCCC(C3CCCCCCCC3)CCC2)cn1. The number of hydrogen-bond acceptors (Lipinski definition) is 5. The first-order chi connectivity index (χ1) is 20.3. The van der Waals surface area contributed by atoms with Crippen LogP contribution in [0.25, 0.3) is 0 Å². The number of nitrogens with one attached hydrogen (secondary N) is 1. The molecule has 2 fully saturated rings. The Morgan fingerprint density at radius 1 is 0.929 bits per heavy atom. The fourth-order valence-electron chi connectivity index (χ4n) is 6.43. The Kier molecular flexibility index (Phi) is 11.6. The number of hydrogen-bond donors (Lipinski definition) is 2. The number of pyridine rings is 1. The largest absolute Gasteiger partial charge is 0.495 e. The maximum absolute atomic E-state index is 14.2. The molecule has 2 saturated carbocycles. The van der Waals surface area contributed by atoms with Crippen molar-refractivity contribution in [2.75, 3.05) is 11.8 Å². The molecule has 0 spiro atoms. The van der Waals surface area contributed by atoms with Crippen molar-refractivity contribution in [2.45, 2.75) is 101 Å². The van der Waals surface area contributed by atoms with Crippen LogP contribution in [0, 0.1) is 35.4 Å². The van der Waals surface area contributed by atoms with Gasteiger partial charge in [-0.25, -0.2) is 14.2 Å². The quantitative estimate of drug-likeness (QED) is 0.329. The molecule has 7 nitrogen and oxygen atoms in total. The molecular weight excluding hydrogens is 555 g/mol. The number of anilines is 1. The molecule has 0 saturated heterocycles. The van der Waals surface area contributed by atoms with Crippen LogP contribution in [0.1, 0.15) is 112 Å². The predicted octanol–water partition coefficient (Wildman–Crippen LogP) is 7.81. The van der Waals surface area contributed by atoms with E-state index >= 15 is 0 Å². The van der Waals surface area contributed by atoms with E-state index in [1.807, 2.05) is 0 Å². The topological polar surface area (TPSA) is 106 Å². The molecule has 0 aliphatic heterocycles. The second kappa shape index (κ2) is 15.4. The van der Waals surface area contributed by atoms with Gasteiger partial charge < -0.3 is 9.84 Å². The molecular formula is C33H43FN2O5S. The van der Waals surface area contributed by atoms with Crippen molar-refractivity contribution in [3.63, 3.8) is 0 Å². The summed E-state index contributed by atoms with van der Waals surface area (Å²) in [6.45, 7) is 0. The maximum atomic E-state index is 14.2. The number of aromatic nitrogens is 1. The highest BCUT2D eigenvalue weighted by Crippen LogP contribution is 2.36. The van der Waals surface area contributed by atoms with Crippen molar-refractivity contribution >= 4 is 21.7 Å². The van der Waals surface area contributed by atoms with Crippen molar-refractivity contribution in [1.82, 2.24) is 4.98 Å². The molecule has 9 heteroatoms. The molecule has 1 aromatic heterocycles. The summed E-state index contributed by atoms with van der Waals surface area (Å²) < 4.78 is 47.3. The first-order valence-electron chi connectivity index (χ1n) is 15.4. The Balaban J connectivity index is 1.37. The number of benzene rings is 1. The van der Waals surface area contributed by atoms with Gasteiger partial charge in [-0.1, -0.05) is 95.3 Å². The second-order valence-corrected chi connectivity index (χ2v) is 13.4. The molecule has 0 radical (unpaired) electrons. The minimum Gasteiger partial charge on any atom is -0.495 e. The van der Waals surface area contributed by atoms with E-state index in [9.17, 15) is 17.6 Å². The number of methoxy groups -OCH3 is 1. The van der Waals surface area contributed by atoms with E-state index in [4.69, 9.17) is 9.84 Å². The summed E-state index contributed by atoms with van der Waals surface area (Å²) in [4.78, 5) is 15.3. The summed E-state index contributed by atoms with van der Waals surface area (Å²) >= 11 is 0. The number of carboxylic acid groups (broad SMARTS) is 1. The second-order valence-electron chi connectivity index (χ2n) is 11.7. The van der Waals surface area contributed by atoms with Gasteiger partial charge in [0.25, 0.3) is 10.0 Å². The fourth-order valence-corrected chi connectivity index (χ4v) is 7.42. The Hall–Kier alpha value is -3.12. The van der Waals surface area contributed by atoms with Crippen molar-refractivity contribution in [1.29, 1.82) is 0 Å². The first kappa shape index (κ1) is 31.8. The van der Waals surface area contributed by atoms with Gasteiger partial charge >= 0.3 is 5.97 Å². The van der Waals surface area contributed by atoms with E-state index in [-0.39, 0.29) is 16.5 Å². The van der Waals surface area contributed by atoms with Crippen molar-refractivity contribution in [3.05, 3.63) is 47.4 Å². The number of carbonyl (C=O) groups is 1. The fraction of sp³-hybridized carbons (Fsp3) is 0.576. The summed E-state index contributed by atoms with van der Waals surface area (Å²) in [5.74, 6) is 6.00. The molecule has 2 aliphatic carbocycles. The molecule has 1 aromatic carbocycles. The molecule has 228 valence electrons. The summed E-state index contributed by atoms with van der Waals surface area (Å²) in [7, 11) is -2.95. The van der Waals surface area contributed by atoms with Gasteiger partial charge in [0.2, 0.25) is 0 Å². The highest BCUT2D eigenvalue weighted by atomic mass is 32.2. The van der Waals surface area contributed by atoms with Crippen LogP contribution in [0.2, 0.25) is 0 Å². The molecule has 2 N–H and O–H groups in total. The molecule has 4 rings (SSSR count). The summed E-state index contributed by atoms with van der Waals surface area (Å²) in [5, 5.41) is 8.84.